The minimum atomic E-state index is -0.936. The molecule has 0 bridgehead atoms. The van der Waals surface area contributed by atoms with Crippen LogP contribution in [0.2, 0.25) is 0 Å². The molecular weight excluding hydrogens is 334 g/mol. The molecule has 0 radical (unpaired) electrons. The van der Waals surface area contributed by atoms with Crippen LogP contribution in [0.3, 0.4) is 0 Å². The predicted octanol–water partition coefficient (Wildman–Crippen LogP) is 0.904. The van der Waals surface area contributed by atoms with E-state index in [1.165, 1.54) is 16.8 Å². The lowest BCUT2D eigenvalue weighted by atomic mass is 9.98. The number of carboxylic acids is 1. The summed E-state index contributed by atoms with van der Waals surface area (Å²) in [6.45, 7) is 0. The second kappa shape index (κ2) is 6.97. The number of likely N-dealkylation sites (N-methyl/N-ethyl adjacent to an activating group) is 1. The van der Waals surface area contributed by atoms with Crippen LogP contribution in [-0.2, 0) is 18.3 Å². The molecule has 0 aliphatic carbocycles. The number of hydrogen-bond acceptors (Lipinski definition) is 4. The molecule has 2 aromatic carbocycles. The summed E-state index contributed by atoms with van der Waals surface area (Å²) in [4.78, 5) is 36.1. The Morgan fingerprint density at radius 1 is 1.12 bits per heavy atom. The fraction of sp³-hybridized carbons (Fsp3) is 0.211. The van der Waals surface area contributed by atoms with Crippen LogP contribution in [0.4, 0.5) is 0 Å². The Morgan fingerprint density at radius 3 is 2.50 bits per heavy atom. The van der Waals surface area contributed by atoms with Gasteiger partial charge in [0.2, 0.25) is 0 Å². The van der Waals surface area contributed by atoms with E-state index >= 15 is 0 Å². The van der Waals surface area contributed by atoms with Crippen LogP contribution in [0, 0.1) is 0 Å². The zero-order valence-corrected chi connectivity index (χ0v) is 14.5. The number of aliphatic carboxylic acids is 1. The number of hydrogen-bond donors (Lipinski definition) is 2. The number of aromatic nitrogens is 2. The van der Waals surface area contributed by atoms with E-state index in [2.05, 4.69) is 5.32 Å². The van der Waals surface area contributed by atoms with Crippen molar-refractivity contribution in [1.29, 1.82) is 0 Å². The molecule has 1 heterocycles. The SMILES string of the molecule is CN[C@@H](Cc1cccc2c(-n3c(=O)ccn(C)c3=O)cccc12)C(=O)O. The van der Waals surface area contributed by atoms with Gasteiger partial charge in [-0.15, -0.1) is 0 Å². The number of carbonyl (C=O) groups is 1. The molecule has 0 aliphatic heterocycles. The highest BCUT2D eigenvalue weighted by molar-refractivity contribution is 5.93. The van der Waals surface area contributed by atoms with E-state index < -0.39 is 23.3 Å². The highest BCUT2D eigenvalue weighted by Crippen LogP contribution is 2.25. The van der Waals surface area contributed by atoms with Crippen LogP contribution in [0.15, 0.2) is 58.3 Å². The lowest BCUT2D eigenvalue weighted by Crippen LogP contribution is -2.36. The van der Waals surface area contributed by atoms with E-state index in [1.54, 1.807) is 32.3 Å². The Labute approximate surface area is 149 Å². The maximum atomic E-state index is 12.5. The average molecular weight is 353 g/mol. The molecule has 0 amide bonds. The summed E-state index contributed by atoms with van der Waals surface area (Å²) in [5.74, 6) is -0.936. The largest absolute Gasteiger partial charge is 0.480 e. The molecule has 0 aliphatic rings. The van der Waals surface area contributed by atoms with E-state index in [4.69, 9.17) is 0 Å². The van der Waals surface area contributed by atoms with Crippen molar-refractivity contribution >= 4 is 16.7 Å². The molecule has 1 atom stereocenters. The molecule has 3 rings (SSSR count). The number of nitrogens with one attached hydrogen (secondary N) is 1. The molecule has 0 saturated heterocycles. The minimum Gasteiger partial charge on any atom is -0.480 e. The molecule has 0 spiro atoms. The smallest absolute Gasteiger partial charge is 0.335 e. The Kier molecular flexibility index (Phi) is 4.73. The molecule has 3 aromatic rings. The fourth-order valence-electron chi connectivity index (χ4n) is 3.05. The van der Waals surface area contributed by atoms with Gasteiger partial charge in [-0.05, 0) is 30.5 Å². The number of carboxylic acid groups (broad SMARTS) is 1. The molecule has 26 heavy (non-hydrogen) atoms. The van der Waals surface area contributed by atoms with Gasteiger partial charge in [-0.1, -0.05) is 30.3 Å². The zero-order valence-electron chi connectivity index (χ0n) is 14.5. The number of benzene rings is 2. The predicted molar refractivity (Wildman–Crippen MR) is 99.0 cm³/mol. The second-order valence-electron chi connectivity index (χ2n) is 6.06. The van der Waals surface area contributed by atoms with Crippen molar-refractivity contribution in [1.82, 2.24) is 14.5 Å². The lowest BCUT2D eigenvalue weighted by Gasteiger charge is -2.15. The van der Waals surface area contributed by atoms with Crippen molar-refractivity contribution in [3.63, 3.8) is 0 Å². The topological polar surface area (TPSA) is 93.3 Å². The van der Waals surface area contributed by atoms with Crippen LogP contribution in [0.25, 0.3) is 16.5 Å². The average Bonchev–Trinajstić information content (AvgIpc) is 2.63. The van der Waals surface area contributed by atoms with E-state index in [0.29, 0.717) is 5.69 Å². The molecule has 1 aromatic heterocycles. The van der Waals surface area contributed by atoms with Gasteiger partial charge in [0, 0.05) is 24.7 Å². The first-order chi connectivity index (χ1) is 12.4. The van der Waals surface area contributed by atoms with Crippen LogP contribution in [0.5, 0.6) is 0 Å². The summed E-state index contributed by atoms with van der Waals surface area (Å²) in [6, 6.07) is 11.4. The molecule has 7 heteroatoms. The minimum absolute atomic E-state index is 0.286. The van der Waals surface area contributed by atoms with Gasteiger partial charge < -0.3 is 15.0 Å². The second-order valence-corrected chi connectivity index (χ2v) is 6.06. The molecular formula is C19H19N3O4. The quantitative estimate of drug-likeness (QED) is 0.711. The number of aryl methyl sites for hydroxylation is 1. The highest BCUT2D eigenvalue weighted by atomic mass is 16.4. The Morgan fingerprint density at radius 2 is 1.81 bits per heavy atom. The summed E-state index contributed by atoms with van der Waals surface area (Å²) in [7, 11) is 3.18. The van der Waals surface area contributed by atoms with Gasteiger partial charge in [0.05, 0.1) is 5.69 Å². The number of nitrogens with zero attached hydrogens (tertiary/aromatic N) is 2. The summed E-state index contributed by atoms with van der Waals surface area (Å²) >= 11 is 0. The molecule has 7 nitrogen and oxygen atoms in total. The normalized spacial score (nSPS) is 12.2. The van der Waals surface area contributed by atoms with E-state index in [0.717, 1.165) is 20.9 Å². The van der Waals surface area contributed by atoms with E-state index in [9.17, 15) is 19.5 Å². The first kappa shape index (κ1) is 17.6. The van der Waals surface area contributed by atoms with Crippen molar-refractivity contribution in [3.8, 4) is 5.69 Å². The molecule has 2 N–H and O–H groups in total. The van der Waals surface area contributed by atoms with Gasteiger partial charge in [-0.2, -0.15) is 0 Å². The van der Waals surface area contributed by atoms with Gasteiger partial charge >= 0.3 is 11.7 Å². The summed E-state index contributed by atoms with van der Waals surface area (Å²) < 4.78 is 2.46. The first-order valence-corrected chi connectivity index (χ1v) is 8.14. The van der Waals surface area contributed by atoms with Gasteiger partial charge in [-0.25, -0.2) is 9.36 Å². The van der Waals surface area contributed by atoms with Gasteiger partial charge in [0.15, 0.2) is 0 Å². The van der Waals surface area contributed by atoms with Gasteiger partial charge in [-0.3, -0.25) is 9.59 Å². The molecule has 0 unspecified atom stereocenters. The zero-order chi connectivity index (χ0) is 18.8. The fourth-order valence-corrected chi connectivity index (χ4v) is 3.05. The number of rotatable bonds is 5. The Hall–Kier alpha value is -3.19. The summed E-state index contributed by atoms with van der Waals surface area (Å²) in [6.07, 6.45) is 1.72. The van der Waals surface area contributed by atoms with Crippen LogP contribution < -0.4 is 16.6 Å². The van der Waals surface area contributed by atoms with Crippen molar-refractivity contribution < 1.29 is 9.90 Å². The summed E-state index contributed by atoms with van der Waals surface area (Å²) in [5.41, 5.74) is 0.456. The highest BCUT2D eigenvalue weighted by Gasteiger charge is 2.18. The molecule has 0 saturated carbocycles. The standard InChI is InChI=1S/C19H19N3O4/c1-20-15(18(24)25)11-12-5-3-7-14-13(12)6-4-8-16(14)22-17(23)9-10-21(2)19(22)26/h3-10,15,20H,11H2,1-2H3,(H,24,25)/t15-/m0/s1. The van der Waals surface area contributed by atoms with Crippen molar-refractivity contribution in [2.45, 2.75) is 12.5 Å². The summed E-state index contributed by atoms with van der Waals surface area (Å²) in [5, 5.41) is 13.6. The van der Waals surface area contributed by atoms with Crippen molar-refractivity contribution in [2.75, 3.05) is 7.05 Å². The Balaban J connectivity index is 2.24. The van der Waals surface area contributed by atoms with E-state index in [1.807, 2.05) is 18.2 Å². The van der Waals surface area contributed by atoms with Gasteiger partial charge in [0.25, 0.3) is 5.56 Å². The number of fused-ring (bicyclic) bond motifs is 1. The maximum absolute atomic E-state index is 12.5. The lowest BCUT2D eigenvalue weighted by molar-refractivity contribution is -0.139. The van der Waals surface area contributed by atoms with Crippen LogP contribution in [-0.4, -0.2) is 33.3 Å². The van der Waals surface area contributed by atoms with Crippen molar-refractivity contribution in [3.05, 3.63) is 75.1 Å². The van der Waals surface area contributed by atoms with Crippen molar-refractivity contribution in [2.24, 2.45) is 7.05 Å². The third kappa shape index (κ3) is 3.04. The monoisotopic (exact) mass is 353 g/mol. The molecule has 134 valence electrons. The molecule has 0 fully saturated rings. The Bertz CT molecular complexity index is 1100. The third-order valence-electron chi connectivity index (χ3n) is 4.45. The third-order valence-corrected chi connectivity index (χ3v) is 4.45. The van der Waals surface area contributed by atoms with Gasteiger partial charge in [0.1, 0.15) is 6.04 Å². The first-order valence-electron chi connectivity index (χ1n) is 8.14. The maximum Gasteiger partial charge on any atom is 0.335 e. The van der Waals surface area contributed by atoms with Crippen LogP contribution in [0.1, 0.15) is 5.56 Å². The van der Waals surface area contributed by atoms with Crippen LogP contribution >= 0.6 is 0 Å². The van der Waals surface area contributed by atoms with E-state index in [-0.39, 0.29) is 6.42 Å².